The standard InChI is InChI=1S/C21H30FN3O5/c1-4-30-21(28)15-23(11-12-29-3)14-20(27)25-9-7-24(8-10-25)19-6-5-17(16(2)26)13-18(19)22/h5-6,13H,4,7-12,14-15H2,1-3H3. The predicted octanol–water partition coefficient (Wildman–Crippen LogP) is 1.19. The van der Waals surface area contributed by atoms with Gasteiger partial charge < -0.3 is 19.3 Å². The number of hydrogen-bond acceptors (Lipinski definition) is 7. The number of carbonyl (C=O) groups is 3. The van der Waals surface area contributed by atoms with Gasteiger partial charge in [0.05, 0.1) is 32.0 Å². The highest BCUT2D eigenvalue weighted by Gasteiger charge is 2.25. The molecule has 0 N–H and O–H groups in total. The van der Waals surface area contributed by atoms with Crippen molar-refractivity contribution in [1.29, 1.82) is 0 Å². The number of ketones is 1. The van der Waals surface area contributed by atoms with Crippen LogP contribution < -0.4 is 4.90 Å². The van der Waals surface area contributed by atoms with Crippen molar-refractivity contribution in [2.75, 3.05) is 71.0 Å². The van der Waals surface area contributed by atoms with Crippen LogP contribution in [-0.4, -0.2) is 93.6 Å². The van der Waals surface area contributed by atoms with Gasteiger partial charge in [-0.05, 0) is 32.0 Å². The van der Waals surface area contributed by atoms with E-state index in [0.717, 1.165) is 0 Å². The Labute approximate surface area is 176 Å². The van der Waals surface area contributed by atoms with E-state index in [9.17, 15) is 18.8 Å². The number of amides is 1. The molecule has 9 heteroatoms. The third kappa shape index (κ3) is 6.77. The molecule has 0 unspecified atom stereocenters. The second kappa shape index (κ2) is 11.6. The molecule has 0 saturated carbocycles. The number of ether oxygens (including phenoxy) is 2. The summed E-state index contributed by atoms with van der Waals surface area (Å²) in [7, 11) is 1.56. The third-order valence-corrected chi connectivity index (χ3v) is 4.96. The van der Waals surface area contributed by atoms with Gasteiger partial charge >= 0.3 is 5.97 Å². The number of hydrogen-bond donors (Lipinski definition) is 0. The Morgan fingerprint density at radius 3 is 2.40 bits per heavy atom. The van der Waals surface area contributed by atoms with Crippen LogP contribution in [0.1, 0.15) is 24.2 Å². The van der Waals surface area contributed by atoms with Crippen molar-refractivity contribution in [3.8, 4) is 0 Å². The lowest BCUT2D eigenvalue weighted by Gasteiger charge is -2.37. The van der Waals surface area contributed by atoms with Gasteiger partial charge in [-0.25, -0.2) is 4.39 Å². The van der Waals surface area contributed by atoms with Crippen molar-refractivity contribution < 1.29 is 28.2 Å². The SMILES string of the molecule is CCOC(=O)CN(CCOC)CC(=O)N1CCN(c2ccc(C(C)=O)cc2F)CC1. The van der Waals surface area contributed by atoms with Gasteiger partial charge in [0.15, 0.2) is 5.78 Å². The molecule has 1 heterocycles. The molecule has 2 rings (SSSR count). The lowest BCUT2D eigenvalue weighted by Crippen LogP contribution is -2.52. The Morgan fingerprint density at radius 2 is 1.83 bits per heavy atom. The summed E-state index contributed by atoms with van der Waals surface area (Å²) >= 11 is 0. The molecule has 1 aliphatic rings. The van der Waals surface area contributed by atoms with E-state index in [4.69, 9.17) is 9.47 Å². The zero-order chi connectivity index (χ0) is 22.1. The maximum Gasteiger partial charge on any atom is 0.320 e. The fraction of sp³-hybridized carbons (Fsp3) is 0.571. The Morgan fingerprint density at radius 1 is 1.13 bits per heavy atom. The molecule has 0 aromatic heterocycles. The van der Waals surface area contributed by atoms with Crippen LogP contribution >= 0.6 is 0 Å². The van der Waals surface area contributed by atoms with Crippen molar-refractivity contribution in [3.63, 3.8) is 0 Å². The number of anilines is 1. The first kappa shape index (κ1) is 23.8. The fourth-order valence-electron chi connectivity index (χ4n) is 3.29. The van der Waals surface area contributed by atoms with Crippen molar-refractivity contribution in [2.24, 2.45) is 0 Å². The molecule has 0 atom stereocenters. The lowest BCUT2D eigenvalue weighted by atomic mass is 10.1. The zero-order valence-corrected chi connectivity index (χ0v) is 17.9. The molecule has 1 aromatic carbocycles. The van der Waals surface area contributed by atoms with Gasteiger partial charge in [0, 0.05) is 45.4 Å². The van der Waals surface area contributed by atoms with E-state index in [0.29, 0.717) is 50.6 Å². The highest BCUT2D eigenvalue weighted by atomic mass is 19.1. The predicted molar refractivity (Wildman–Crippen MR) is 110 cm³/mol. The van der Waals surface area contributed by atoms with E-state index in [1.807, 2.05) is 4.90 Å². The van der Waals surface area contributed by atoms with Crippen LogP contribution in [0.4, 0.5) is 10.1 Å². The molecule has 1 aromatic rings. The number of piperazine rings is 1. The monoisotopic (exact) mass is 423 g/mol. The average molecular weight is 423 g/mol. The van der Waals surface area contributed by atoms with E-state index >= 15 is 0 Å². The van der Waals surface area contributed by atoms with Crippen molar-refractivity contribution in [2.45, 2.75) is 13.8 Å². The fourth-order valence-corrected chi connectivity index (χ4v) is 3.29. The number of nitrogens with zero attached hydrogens (tertiary/aromatic N) is 3. The van der Waals surface area contributed by atoms with E-state index in [2.05, 4.69) is 0 Å². The van der Waals surface area contributed by atoms with Crippen molar-refractivity contribution in [3.05, 3.63) is 29.6 Å². The van der Waals surface area contributed by atoms with Gasteiger partial charge in [-0.2, -0.15) is 0 Å². The smallest absolute Gasteiger partial charge is 0.320 e. The number of benzene rings is 1. The van der Waals surface area contributed by atoms with Gasteiger partial charge in [0.2, 0.25) is 5.91 Å². The summed E-state index contributed by atoms with van der Waals surface area (Å²) in [5, 5.41) is 0. The molecular formula is C21H30FN3O5. The summed E-state index contributed by atoms with van der Waals surface area (Å²) in [6, 6.07) is 4.47. The van der Waals surface area contributed by atoms with Crippen LogP contribution in [0.5, 0.6) is 0 Å². The Kier molecular flexibility index (Phi) is 9.19. The maximum absolute atomic E-state index is 14.4. The Hall–Kier alpha value is -2.52. The number of carbonyl (C=O) groups excluding carboxylic acids is 3. The van der Waals surface area contributed by atoms with E-state index in [1.165, 1.54) is 13.0 Å². The zero-order valence-electron chi connectivity index (χ0n) is 17.9. The summed E-state index contributed by atoms with van der Waals surface area (Å²) < 4.78 is 24.4. The first-order valence-electron chi connectivity index (χ1n) is 10.1. The molecule has 30 heavy (non-hydrogen) atoms. The largest absolute Gasteiger partial charge is 0.465 e. The highest BCUT2D eigenvalue weighted by Crippen LogP contribution is 2.22. The molecule has 0 radical (unpaired) electrons. The van der Waals surface area contributed by atoms with Crippen LogP contribution in [0.25, 0.3) is 0 Å². The van der Waals surface area contributed by atoms with Gasteiger partial charge in [-0.1, -0.05) is 0 Å². The van der Waals surface area contributed by atoms with Crippen LogP contribution in [0, 0.1) is 5.82 Å². The molecule has 8 nitrogen and oxygen atoms in total. The van der Waals surface area contributed by atoms with Crippen LogP contribution in [0.3, 0.4) is 0 Å². The average Bonchev–Trinajstić information content (AvgIpc) is 2.72. The summed E-state index contributed by atoms with van der Waals surface area (Å²) in [5.74, 6) is -1.10. The van der Waals surface area contributed by atoms with Crippen LogP contribution in [0.2, 0.25) is 0 Å². The van der Waals surface area contributed by atoms with Crippen LogP contribution in [-0.2, 0) is 19.1 Å². The Bertz CT molecular complexity index is 750. The number of halogens is 1. The second-order valence-corrected chi connectivity index (χ2v) is 7.10. The first-order valence-corrected chi connectivity index (χ1v) is 10.1. The number of methoxy groups -OCH3 is 1. The van der Waals surface area contributed by atoms with Gasteiger partial charge in [-0.15, -0.1) is 0 Å². The number of Topliss-reactive ketones (excluding diaryl/α,β-unsaturated/α-hetero) is 1. The second-order valence-electron chi connectivity index (χ2n) is 7.10. The number of rotatable bonds is 10. The van der Waals surface area contributed by atoms with Gasteiger partial charge in [0.25, 0.3) is 0 Å². The quantitative estimate of drug-likeness (QED) is 0.413. The lowest BCUT2D eigenvalue weighted by molar-refractivity contribution is -0.145. The topological polar surface area (TPSA) is 79.4 Å². The summed E-state index contributed by atoms with van der Waals surface area (Å²) in [5.41, 5.74) is 0.763. The molecule has 0 spiro atoms. The van der Waals surface area contributed by atoms with E-state index < -0.39 is 5.82 Å². The number of esters is 1. The summed E-state index contributed by atoms with van der Waals surface area (Å²) in [6.45, 7) is 6.24. The first-order chi connectivity index (χ1) is 14.3. The molecule has 1 saturated heterocycles. The summed E-state index contributed by atoms with van der Waals surface area (Å²) in [4.78, 5) is 41.2. The molecule has 0 aliphatic carbocycles. The molecule has 0 bridgehead atoms. The summed E-state index contributed by atoms with van der Waals surface area (Å²) in [6.07, 6.45) is 0. The molecule has 1 aliphatic heterocycles. The normalized spacial score (nSPS) is 14.2. The molecular weight excluding hydrogens is 393 g/mol. The molecule has 166 valence electrons. The van der Waals surface area contributed by atoms with Crippen LogP contribution in [0.15, 0.2) is 18.2 Å². The minimum absolute atomic E-state index is 0.0244. The third-order valence-electron chi connectivity index (χ3n) is 4.96. The highest BCUT2D eigenvalue weighted by molar-refractivity contribution is 5.94. The van der Waals surface area contributed by atoms with E-state index in [1.54, 1.807) is 36.0 Å². The van der Waals surface area contributed by atoms with E-state index in [-0.39, 0.29) is 37.4 Å². The molecule has 1 amide bonds. The minimum Gasteiger partial charge on any atom is -0.465 e. The molecule has 1 fully saturated rings. The maximum atomic E-state index is 14.4. The Balaban J connectivity index is 1.92. The van der Waals surface area contributed by atoms with Crippen molar-refractivity contribution in [1.82, 2.24) is 9.80 Å². The minimum atomic E-state index is -0.442. The van der Waals surface area contributed by atoms with Gasteiger partial charge in [0.1, 0.15) is 5.82 Å². The van der Waals surface area contributed by atoms with Crippen molar-refractivity contribution >= 4 is 23.3 Å². The van der Waals surface area contributed by atoms with Gasteiger partial charge in [-0.3, -0.25) is 19.3 Å².